The van der Waals surface area contributed by atoms with Gasteiger partial charge in [0.05, 0.1) is 6.54 Å². The summed E-state index contributed by atoms with van der Waals surface area (Å²) in [6, 6.07) is 6.89. The molecular formula is C17H22BrF3N2. The van der Waals surface area contributed by atoms with Gasteiger partial charge in [-0.25, -0.2) is 0 Å². The number of fused-ring (bicyclic) bond motifs is 1. The van der Waals surface area contributed by atoms with Gasteiger partial charge in [0.25, 0.3) is 0 Å². The molecule has 3 rings (SSSR count). The van der Waals surface area contributed by atoms with Gasteiger partial charge in [0.15, 0.2) is 0 Å². The van der Waals surface area contributed by atoms with Gasteiger partial charge in [0.2, 0.25) is 0 Å². The fourth-order valence-electron chi connectivity index (χ4n) is 3.71. The van der Waals surface area contributed by atoms with Gasteiger partial charge in [-0.05, 0) is 68.0 Å². The minimum atomic E-state index is -4.08. The van der Waals surface area contributed by atoms with Gasteiger partial charge < -0.3 is 5.32 Å². The van der Waals surface area contributed by atoms with Crippen molar-refractivity contribution < 1.29 is 13.2 Å². The van der Waals surface area contributed by atoms with E-state index in [0.29, 0.717) is 25.0 Å². The quantitative estimate of drug-likeness (QED) is 0.841. The van der Waals surface area contributed by atoms with Crippen molar-refractivity contribution in [1.82, 2.24) is 10.2 Å². The minimum Gasteiger partial charge on any atom is -0.313 e. The molecule has 0 bridgehead atoms. The molecule has 2 nitrogen and oxygen atoms in total. The Labute approximate surface area is 143 Å². The van der Waals surface area contributed by atoms with Crippen LogP contribution in [0.25, 0.3) is 0 Å². The fraction of sp³-hybridized carbons (Fsp3) is 0.647. The van der Waals surface area contributed by atoms with Crippen LogP contribution in [0.2, 0.25) is 0 Å². The second kappa shape index (κ2) is 7.11. The Balaban J connectivity index is 1.44. The lowest BCUT2D eigenvalue weighted by Crippen LogP contribution is -2.39. The number of aryl methyl sites for hydroxylation is 1. The molecule has 1 heterocycles. The van der Waals surface area contributed by atoms with Gasteiger partial charge in [0.1, 0.15) is 0 Å². The third-order valence-electron chi connectivity index (χ3n) is 4.86. The molecule has 1 aliphatic heterocycles. The highest BCUT2D eigenvalue weighted by atomic mass is 79.9. The van der Waals surface area contributed by atoms with E-state index in [9.17, 15) is 13.2 Å². The first-order valence-electron chi connectivity index (χ1n) is 8.19. The molecule has 1 fully saturated rings. The third-order valence-corrected chi connectivity index (χ3v) is 5.36. The Bertz CT molecular complexity index is 547. The number of hydrogen-bond donors (Lipinski definition) is 1. The van der Waals surface area contributed by atoms with E-state index in [2.05, 4.69) is 39.4 Å². The average Bonchev–Trinajstić information content (AvgIpc) is 2.90. The maximum absolute atomic E-state index is 12.4. The molecule has 2 unspecified atom stereocenters. The number of rotatable bonds is 4. The molecule has 2 atom stereocenters. The van der Waals surface area contributed by atoms with Crippen molar-refractivity contribution in [2.75, 3.05) is 26.2 Å². The molecule has 0 saturated carbocycles. The van der Waals surface area contributed by atoms with Gasteiger partial charge in [-0.3, -0.25) is 4.90 Å². The maximum atomic E-state index is 12.4. The van der Waals surface area contributed by atoms with Crippen LogP contribution in [0.3, 0.4) is 0 Å². The Morgan fingerprint density at radius 2 is 2.04 bits per heavy atom. The normalized spacial score (nSPS) is 25.6. The summed E-state index contributed by atoms with van der Waals surface area (Å²) in [4.78, 5) is 1.53. The molecule has 0 spiro atoms. The summed E-state index contributed by atoms with van der Waals surface area (Å²) in [5.74, 6) is 0.337. The molecule has 6 heteroatoms. The zero-order valence-corrected chi connectivity index (χ0v) is 14.6. The highest BCUT2D eigenvalue weighted by Crippen LogP contribution is 2.26. The first kappa shape index (κ1) is 17.2. The monoisotopic (exact) mass is 390 g/mol. The molecule has 0 radical (unpaired) electrons. The van der Waals surface area contributed by atoms with Crippen LogP contribution in [0, 0.1) is 5.92 Å². The van der Waals surface area contributed by atoms with Crippen molar-refractivity contribution in [3.8, 4) is 0 Å². The predicted molar refractivity (Wildman–Crippen MR) is 88.6 cm³/mol. The lowest BCUT2D eigenvalue weighted by atomic mass is 9.88. The molecule has 23 heavy (non-hydrogen) atoms. The van der Waals surface area contributed by atoms with Crippen LogP contribution in [0.15, 0.2) is 22.7 Å². The molecule has 2 aliphatic rings. The minimum absolute atomic E-state index is 0.337. The summed E-state index contributed by atoms with van der Waals surface area (Å²) in [6.45, 7) is 1.18. The average molecular weight is 391 g/mol. The van der Waals surface area contributed by atoms with Crippen LogP contribution in [0.5, 0.6) is 0 Å². The molecule has 1 saturated heterocycles. The first-order chi connectivity index (χ1) is 10.9. The molecule has 1 N–H and O–H groups in total. The van der Waals surface area contributed by atoms with E-state index in [1.807, 2.05) is 0 Å². The largest absolute Gasteiger partial charge is 0.401 e. The van der Waals surface area contributed by atoms with Crippen molar-refractivity contribution in [2.24, 2.45) is 5.92 Å². The van der Waals surface area contributed by atoms with Crippen molar-refractivity contribution in [3.63, 3.8) is 0 Å². The second-order valence-electron chi connectivity index (χ2n) is 6.77. The highest BCUT2D eigenvalue weighted by molar-refractivity contribution is 9.10. The van der Waals surface area contributed by atoms with Gasteiger partial charge >= 0.3 is 6.18 Å². The van der Waals surface area contributed by atoms with Crippen molar-refractivity contribution in [3.05, 3.63) is 33.8 Å². The zero-order valence-electron chi connectivity index (χ0n) is 13.0. The van der Waals surface area contributed by atoms with E-state index in [-0.39, 0.29) is 0 Å². The van der Waals surface area contributed by atoms with Gasteiger partial charge in [-0.2, -0.15) is 13.2 Å². The Morgan fingerprint density at radius 1 is 1.22 bits per heavy atom. The Morgan fingerprint density at radius 3 is 2.83 bits per heavy atom. The van der Waals surface area contributed by atoms with E-state index in [4.69, 9.17) is 0 Å². The predicted octanol–water partition coefficient (Wildman–Crippen LogP) is 3.78. The molecule has 1 aromatic rings. The van der Waals surface area contributed by atoms with Crippen LogP contribution in [0.1, 0.15) is 24.0 Å². The molecule has 1 aromatic carbocycles. The summed E-state index contributed by atoms with van der Waals surface area (Å²) < 4.78 is 38.4. The lowest BCUT2D eigenvalue weighted by Gasteiger charge is -2.27. The topological polar surface area (TPSA) is 15.3 Å². The van der Waals surface area contributed by atoms with Gasteiger partial charge in [-0.1, -0.05) is 22.0 Å². The smallest absolute Gasteiger partial charge is 0.313 e. The van der Waals surface area contributed by atoms with Crippen LogP contribution < -0.4 is 5.32 Å². The molecule has 0 amide bonds. The third kappa shape index (κ3) is 4.94. The SMILES string of the molecule is FC(F)(F)CN1CCC(CNC2CCc3cc(Br)ccc3C2)C1. The number of alkyl halides is 3. The van der Waals surface area contributed by atoms with Crippen LogP contribution >= 0.6 is 15.9 Å². The Kier molecular flexibility index (Phi) is 5.33. The number of benzene rings is 1. The van der Waals surface area contributed by atoms with Gasteiger partial charge in [-0.15, -0.1) is 0 Å². The van der Waals surface area contributed by atoms with Gasteiger partial charge in [0, 0.05) is 17.1 Å². The van der Waals surface area contributed by atoms with Crippen molar-refractivity contribution >= 4 is 15.9 Å². The Hall–Kier alpha value is -0.590. The zero-order chi connectivity index (χ0) is 16.4. The van der Waals surface area contributed by atoms with E-state index < -0.39 is 12.7 Å². The molecular weight excluding hydrogens is 369 g/mol. The number of hydrogen-bond acceptors (Lipinski definition) is 2. The number of nitrogens with zero attached hydrogens (tertiary/aromatic N) is 1. The molecule has 1 aliphatic carbocycles. The van der Waals surface area contributed by atoms with Crippen molar-refractivity contribution in [1.29, 1.82) is 0 Å². The second-order valence-corrected chi connectivity index (χ2v) is 7.68. The number of likely N-dealkylation sites (tertiary alicyclic amines) is 1. The van der Waals surface area contributed by atoms with E-state index >= 15 is 0 Å². The molecule has 128 valence electrons. The van der Waals surface area contributed by atoms with Crippen LogP contribution in [-0.4, -0.2) is 43.3 Å². The standard InChI is InChI=1S/C17H22BrF3N2/c18-15-3-1-14-8-16(4-2-13(14)7-15)22-9-12-5-6-23(10-12)11-17(19,20)21/h1,3,7,12,16,22H,2,4-6,8-11H2. The van der Waals surface area contributed by atoms with Crippen LogP contribution in [-0.2, 0) is 12.8 Å². The fourth-order valence-corrected chi connectivity index (χ4v) is 4.12. The highest BCUT2D eigenvalue weighted by Gasteiger charge is 2.34. The first-order valence-corrected chi connectivity index (χ1v) is 8.98. The van der Waals surface area contributed by atoms with Crippen molar-refractivity contribution in [2.45, 2.75) is 37.9 Å². The maximum Gasteiger partial charge on any atom is 0.401 e. The number of halogens is 4. The summed E-state index contributed by atoms with van der Waals surface area (Å²) >= 11 is 3.51. The number of nitrogens with one attached hydrogen (secondary N) is 1. The van der Waals surface area contributed by atoms with E-state index in [1.165, 1.54) is 16.0 Å². The lowest BCUT2D eigenvalue weighted by molar-refractivity contribution is -0.143. The van der Waals surface area contributed by atoms with E-state index in [1.54, 1.807) is 0 Å². The molecule has 0 aromatic heterocycles. The summed E-state index contributed by atoms with van der Waals surface area (Å²) in [7, 11) is 0. The van der Waals surface area contributed by atoms with E-state index in [0.717, 1.165) is 36.7 Å². The summed E-state index contributed by atoms with van der Waals surface area (Å²) in [6.07, 6.45) is -0.0374. The van der Waals surface area contributed by atoms with Crippen LogP contribution in [0.4, 0.5) is 13.2 Å². The summed E-state index contributed by atoms with van der Waals surface area (Å²) in [5, 5.41) is 3.58. The summed E-state index contributed by atoms with van der Waals surface area (Å²) in [5.41, 5.74) is 2.80.